The molecule has 1 aromatic carbocycles. The Hall–Kier alpha value is -1.97. The van der Waals surface area contributed by atoms with Crippen molar-refractivity contribution < 1.29 is 13.9 Å². The van der Waals surface area contributed by atoms with Gasteiger partial charge in [0.05, 0.1) is 6.61 Å². The van der Waals surface area contributed by atoms with Crippen molar-refractivity contribution in [2.45, 2.75) is 27.2 Å². The van der Waals surface area contributed by atoms with E-state index >= 15 is 0 Å². The Bertz CT molecular complexity index is 593. The Labute approximate surface area is 112 Å². The molecule has 2 rings (SSSR count). The zero-order valence-electron chi connectivity index (χ0n) is 11.5. The highest BCUT2D eigenvalue weighted by molar-refractivity contribution is 5.93. The summed E-state index contributed by atoms with van der Waals surface area (Å²) in [7, 11) is 0. The van der Waals surface area contributed by atoms with Crippen molar-refractivity contribution in [3.8, 4) is 0 Å². The number of anilines is 1. The summed E-state index contributed by atoms with van der Waals surface area (Å²) in [6.45, 7) is 6.70. The Morgan fingerprint density at radius 2 is 2.05 bits per heavy atom. The normalized spacial score (nSPS) is 11.7. The smallest absolute Gasteiger partial charge is 0.374 e. The van der Waals surface area contributed by atoms with E-state index in [0.717, 1.165) is 11.8 Å². The molecule has 0 fully saturated rings. The number of rotatable bonds is 3. The number of hydrogen-bond acceptors (Lipinski definition) is 4. The molecule has 4 nitrogen and oxygen atoms in total. The monoisotopic (exact) mass is 261 g/mol. The molecule has 0 aliphatic heterocycles. The van der Waals surface area contributed by atoms with Gasteiger partial charge in [-0.2, -0.15) is 0 Å². The van der Waals surface area contributed by atoms with Crippen molar-refractivity contribution >= 4 is 22.6 Å². The van der Waals surface area contributed by atoms with Crippen LogP contribution in [0, 0.1) is 5.41 Å². The third kappa shape index (κ3) is 3.50. The molecule has 2 N–H and O–H groups in total. The molecular formula is C15H19NO3. The van der Waals surface area contributed by atoms with Crippen molar-refractivity contribution in [3.63, 3.8) is 0 Å². The van der Waals surface area contributed by atoms with Gasteiger partial charge in [-0.15, -0.1) is 0 Å². The molecule has 102 valence electrons. The molecule has 0 amide bonds. The van der Waals surface area contributed by atoms with Crippen molar-refractivity contribution in [2.24, 2.45) is 5.41 Å². The summed E-state index contributed by atoms with van der Waals surface area (Å²) in [5.41, 5.74) is 7.10. The predicted octanol–water partition coefficient (Wildman–Crippen LogP) is 3.61. The fourth-order valence-corrected chi connectivity index (χ4v) is 1.68. The average molecular weight is 261 g/mol. The molecule has 0 spiro atoms. The molecule has 0 radical (unpaired) electrons. The molecule has 0 aliphatic carbocycles. The van der Waals surface area contributed by atoms with Crippen LogP contribution in [-0.4, -0.2) is 12.6 Å². The maximum atomic E-state index is 11.8. The lowest BCUT2D eigenvalue weighted by Crippen LogP contribution is -2.12. The van der Waals surface area contributed by atoms with E-state index in [0.29, 0.717) is 17.9 Å². The quantitative estimate of drug-likeness (QED) is 0.677. The molecule has 19 heavy (non-hydrogen) atoms. The minimum absolute atomic E-state index is 0.141. The molecule has 0 aliphatic rings. The predicted molar refractivity (Wildman–Crippen MR) is 75.0 cm³/mol. The number of carbonyl (C=O) groups is 1. The summed E-state index contributed by atoms with van der Waals surface area (Å²) >= 11 is 0. The molecule has 0 saturated carbocycles. The van der Waals surface area contributed by atoms with E-state index in [4.69, 9.17) is 14.9 Å². The van der Waals surface area contributed by atoms with E-state index in [-0.39, 0.29) is 11.2 Å². The summed E-state index contributed by atoms with van der Waals surface area (Å²) < 4.78 is 10.6. The van der Waals surface area contributed by atoms with Gasteiger partial charge in [-0.25, -0.2) is 4.79 Å². The molecule has 0 bridgehead atoms. The number of hydrogen-bond donors (Lipinski definition) is 1. The molecule has 0 saturated heterocycles. The third-order valence-electron chi connectivity index (χ3n) is 2.83. The number of nitrogen functional groups attached to an aromatic ring is 1. The van der Waals surface area contributed by atoms with Gasteiger partial charge in [0.2, 0.25) is 5.76 Å². The largest absolute Gasteiger partial charge is 0.460 e. The molecule has 4 heteroatoms. The number of esters is 1. The van der Waals surface area contributed by atoms with Gasteiger partial charge in [0, 0.05) is 11.1 Å². The Kier molecular flexibility index (Phi) is 3.51. The van der Waals surface area contributed by atoms with Crippen LogP contribution in [0.1, 0.15) is 37.7 Å². The highest BCUT2D eigenvalue weighted by Gasteiger charge is 2.16. The molecule has 2 aromatic rings. The topological polar surface area (TPSA) is 65.5 Å². The summed E-state index contributed by atoms with van der Waals surface area (Å²) in [5.74, 6) is -0.214. The van der Waals surface area contributed by atoms with Gasteiger partial charge in [-0.05, 0) is 36.1 Å². The van der Waals surface area contributed by atoms with Crippen molar-refractivity contribution in [3.05, 3.63) is 30.0 Å². The highest BCUT2D eigenvalue weighted by Crippen LogP contribution is 2.23. The Morgan fingerprint density at radius 3 is 2.74 bits per heavy atom. The van der Waals surface area contributed by atoms with Gasteiger partial charge in [0.1, 0.15) is 5.58 Å². The zero-order valence-corrected chi connectivity index (χ0v) is 11.5. The van der Waals surface area contributed by atoms with Crippen LogP contribution in [0.5, 0.6) is 0 Å². The van der Waals surface area contributed by atoms with Gasteiger partial charge >= 0.3 is 5.97 Å². The number of nitrogens with two attached hydrogens (primary N) is 1. The Morgan fingerprint density at radius 1 is 1.32 bits per heavy atom. The van der Waals surface area contributed by atoms with Gasteiger partial charge in [-0.1, -0.05) is 20.8 Å². The number of fused-ring (bicyclic) bond motifs is 1. The minimum Gasteiger partial charge on any atom is -0.460 e. The Balaban J connectivity index is 2.05. The lowest BCUT2D eigenvalue weighted by Gasteiger charge is -2.17. The second-order valence-electron chi connectivity index (χ2n) is 5.85. The zero-order chi connectivity index (χ0) is 14.0. The van der Waals surface area contributed by atoms with Crippen LogP contribution in [-0.2, 0) is 4.74 Å². The fraction of sp³-hybridized carbons (Fsp3) is 0.400. The number of furan rings is 1. The van der Waals surface area contributed by atoms with Gasteiger partial charge in [0.25, 0.3) is 0 Å². The van der Waals surface area contributed by atoms with E-state index in [1.165, 1.54) is 0 Å². The van der Waals surface area contributed by atoms with Crippen molar-refractivity contribution in [2.75, 3.05) is 12.3 Å². The molecule has 1 aromatic heterocycles. The van der Waals surface area contributed by atoms with Gasteiger partial charge in [-0.3, -0.25) is 0 Å². The first-order valence-corrected chi connectivity index (χ1v) is 6.31. The lowest BCUT2D eigenvalue weighted by molar-refractivity contribution is 0.0431. The maximum Gasteiger partial charge on any atom is 0.374 e. The summed E-state index contributed by atoms with van der Waals surface area (Å²) in [6, 6.07) is 6.91. The molecule has 1 heterocycles. The fourth-order valence-electron chi connectivity index (χ4n) is 1.68. The van der Waals surface area contributed by atoms with E-state index in [1.54, 1.807) is 24.3 Å². The van der Waals surface area contributed by atoms with Crippen LogP contribution in [0.2, 0.25) is 0 Å². The third-order valence-corrected chi connectivity index (χ3v) is 2.83. The first kappa shape index (κ1) is 13.5. The van der Waals surface area contributed by atoms with E-state index in [2.05, 4.69) is 20.8 Å². The second-order valence-corrected chi connectivity index (χ2v) is 5.85. The number of benzene rings is 1. The van der Waals surface area contributed by atoms with E-state index < -0.39 is 5.97 Å². The van der Waals surface area contributed by atoms with Crippen LogP contribution >= 0.6 is 0 Å². The summed E-state index contributed by atoms with van der Waals surface area (Å²) in [6.07, 6.45) is 0.811. The van der Waals surface area contributed by atoms with Crippen LogP contribution in [0.3, 0.4) is 0 Å². The SMILES string of the molecule is CC(C)(C)CCOC(=O)c1cc2cc(N)ccc2o1. The van der Waals surface area contributed by atoms with Gasteiger partial charge < -0.3 is 14.9 Å². The standard InChI is InChI=1S/C15H19NO3/c1-15(2,3)6-7-18-14(17)13-9-10-8-11(16)4-5-12(10)19-13/h4-5,8-9H,6-7,16H2,1-3H3. The number of ether oxygens (including phenoxy) is 1. The maximum absolute atomic E-state index is 11.8. The second kappa shape index (κ2) is 4.96. The highest BCUT2D eigenvalue weighted by atomic mass is 16.5. The first-order chi connectivity index (χ1) is 8.85. The van der Waals surface area contributed by atoms with E-state index in [9.17, 15) is 4.79 Å². The minimum atomic E-state index is -0.431. The summed E-state index contributed by atoms with van der Waals surface area (Å²) in [4.78, 5) is 11.8. The molecular weight excluding hydrogens is 242 g/mol. The van der Waals surface area contributed by atoms with Crippen LogP contribution in [0.25, 0.3) is 11.0 Å². The molecule has 0 unspecified atom stereocenters. The van der Waals surface area contributed by atoms with Crippen LogP contribution < -0.4 is 5.73 Å². The van der Waals surface area contributed by atoms with Crippen molar-refractivity contribution in [1.29, 1.82) is 0 Å². The van der Waals surface area contributed by atoms with Crippen LogP contribution in [0.4, 0.5) is 5.69 Å². The van der Waals surface area contributed by atoms with Crippen molar-refractivity contribution in [1.82, 2.24) is 0 Å². The van der Waals surface area contributed by atoms with Crippen LogP contribution in [0.15, 0.2) is 28.7 Å². The lowest BCUT2D eigenvalue weighted by atomic mass is 9.93. The van der Waals surface area contributed by atoms with Gasteiger partial charge in [0.15, 0.2) is 0 Å². The summed E-state index contributed by atoms with van der Waals surface area (Å²) in [5, 5.41) is 0.808. The average Bonchev–Trinajstić information content (AvgIpc) is 2.70. The number of carbonyl (C=O) groups excluding carboxylic acids is 1. The molecule has 0 atom stereocenters. The van der Waals surface area contributed by atoms with E-state index in [1.807, 2.05) is 0 Å². The first-order valence-electron chi connectivity index (χ1n) is 6.31.